The van der Waals surface area contributed by atoms with Crippen LogP contribution >= 0.6 is 0 Å². The van der Waals surface area contributed by atoms with E-state index in [1.54, 1.807) is 26.0 Å². The van der Waals surface area contributed by atoms with Crippen LogP contribution in [0.25, 0.3) is 0 Å². The average molecular weight is 493 g/mol. The summed E-state index contributed by atoms with van der Waals surface area (Å²) >= 11 is 0. The van der Waals surface area contributed by atoms with Crippen molar-refractivity contribution in [2.75, 3.05) is 6.54 Å². The van der Waals surface area contributed by atoms with E-state index in [1.165, 1.54) is 17.6 Å². The molecule has 0 aliphatic carbocycles. The molecule has 3 N–H and O–H groups in total. The fraction of sp³-hybridized carbons (Fsp3) is 0.435. The Bertz CT molecular complexity index is 1110. The molecule has 2 saturated heterocycles. The topological polar surface area (TPSA) is 135 Å². The van der Waals surface area contributed by atoms with E-state index in [2.05, 4.69) is 0 Å². The first-order chi connectivity index (χ1) is 16.1. The van der Waals surface area contributed by atoms with Crippen molar-refractivity contribution in [2.24, 2.45) is 0 Å². The first-order valence-corrected chi connectivity index (χ1v) is 12.3. The summed E-state index contributed by atoms with van der Waals surface area (Å²) in [6.07, 6.45) is -3.25. The monoisotopic (exact) mass is 492 g/mol. The zero-order valence-corrected chi connectivity index (χ0v) is 19.6. The van der Waals surface area contributed by atoms with Gasteiger partial charge < -0.3 is 19.3 Å². The van der Waals surface area contributed by atoms with Crippen LogP contribution in [0.4, 0.5) is 0 Å². The maximum atomic E-state index is 13.5. The molecule has 10 nitrogen and oxygen atoms in total. The van der Waals surface area contributed by atoms with Gasteiger partial charge in [0.2, 0.25) is 15.9 Å². The molecule has 34 heavy (non-hydrogen) atoms. The lowest BCUT2D eigenvalue weighted by Crippen LogP contribution is -2.62. The number of carbonyl (C=O) groups excluding carboxylic acids is 1. The SMILES string of the molecule is CC1(C)OC2C(O)CN(S(=O)(=O)c3ccc(OCc4ccccc4)cc3)C(CC(=O)NO)C2O1. The molecule has 0 aromatic heterocycles. The molecular formula is C23H28N2O8S. The molecule has 4 rings (SSSR count). The number of aliphatic hydroxyl groups is 1. The lowest BCUT2D eigenvalue weighted by molar-refractivity contribution is -0.153. The van der Waals surface area contributed by atoms with Gasteiger partial charge in [-0.05, 0) is 43.7 Å². The van der Waals surface area contributed by atoms with Crippen molar-refractivity contribution in [1.29, 1.82) is 0 Å². The van der Waals surface area contributed by atoms with Gasteiger partial charge in [0.25, 0.3) is 0 Å². The van der Waals surface area contributed by atoms with Crippen molar-refractivity contribution in [1.82, 2.24) is 9.79 Å². The second-order valence-corrected chi connectivity index (χ2v) is 10.6. The summed E-state index contributed by atoms with van der Waals surface area (Å²) in [5.41, 5.74) is 2.51. The smallest absolute Gasteiger partial charge is 0.245 e. The van der Waals surface area contributed by atoms with E-state index in [9.17, 15) is 18.3 Å². The maximum Gasteiger partial charge on any atom is 0.245 e. The van der Waals surface area contributed by atoms with Crippen molar-refractivity contribution < 1.29 is 37.7 Å². The third-order valence-electron chi connectivity index (χ3n) is 5.86. The van der Waals surface area contributed by atoms with Gasteiger partial charge in [-0.1, -0.05) is 30.3 Å². The van der Waals surface area contributed by atoms with Gasteiger partial charge in [0.15, 0.2) is 5.79 Å². The highest BCUT2D eigenvalue weighted by molar-refractivity contribution is 7.89. The highest BCUT2D eigenvalue weighted by atomic mass is 32.2. The third kappa shape index (κ3) is 5.09. The molecule has 2 fully saturated rings. The Morgan fingerprint density at radius 2 is 1.76 bits per heavy atom. The Kier molecular flexibility index (Phi) is 6.94. The van der Waals surface area contributed by atoms with Crippen molar-refractivity contribution in [2.45, 2.75) is 61.9 Å². The number of hydrogen-bond acceptors (Lipinski definition) is 8. The van der Waals surface area contributed by atoms with Gasteiger partial charge in [-0.15, -0.1) is 0 Å². The minimum atomic E-state index is -4.14. The molecule has 2 aromatic rings. The molecule has 184 valence electrons. The highest BCUT2D eigenvalue weighted by Crippen LogP contribution is 2.39. The molecule has 0 spiro atoms. The molecule has 2 aliphatic heterocycles. The van der Waals surface area contributed by atoms with E-state index < -0.39 is 46.1 Å². The van der Waals surface area contributed by atoms with Crippen LogP contribution in [-0.4, -0.2) is 65.6 Å². The first kappa shape index (κ1) is 24.6. The number of nitrogens with zero attached hydrogens (tertiary/aromatic N) is 1. The Morgan fingerprint density at radius 1 is 1.12 bits per heavy atom. The number of benzene rings is 2. The minimum absolute atomic E-state index is 0.0298. The first-order valence-electron chi connectivity index (χ1n) is 10.9. The molecule has 4 unspecified atom stereocenters. The number of sulfonamides is 1. The molecule has 0 bridgehead atoms. The lowest BCUT2D eigenvalue weighted by Gasteiger charge is -2.42. The number of β-amino-alcohol motifs (C(OH)–C–C–N with tert-alkyl or cyclic N) is 1. The zero-order valence-electron chi connectivity index (χ0n) is 18.8. The van der Waals surface area contributed by atoms with Crippen molar-refractivity contribution >= 4 is 15.9 Å². The summed E-state index contributed by atoms with van der Waals surface area (Å²) in [5.74, 6) is -1.35. The Hall–Kier alpha value is -2.54. The number of rotatable bonds is 7. The quantitative estimate of drug-likeness (QED) is 0.390. The van der Waals surface area contributed by atoms with Crippen molar-refractivity contribution in [3.63, 3.8) is 0 Å². The predicted molar refractivity (Wildman–Crippen MR) is 119 cm³/mol. The van der Waals surface area contributed by atoms with Crippen LogP contribution in [0.2, 0.25) is 0 Å². The van der Waals surface area contributed by atoms with Gasteiger partial charge >= 0.3 is 0 Å². The Balaban J connectivity index is 1.57. The number of hydrogen-bond donors (Lipinski definition) is 3. The van der Waals surface area contributed by atoms with Crippen LogP contribution in [0.3, 0.4) is 0 Å². The Labute approximate surface area is 198 Å². The molecule has 1 amide bonds. The van der Waals surface area contributed by atoms with Gasteiger partial charge in [0.1, 0.15) is 24.6 Å². The third-order valence-corrected chi connectivity index (χ3v) is 7.76. The number of fused-ring (bicyclic) bond motifs is 1. The number of amides is 1. The van der Waals surface area contributed by atoms with Crippen LogP contribution in [0, 0.1) is 0 Å². The molecule has 4 atom stereocenters. The summed E-state index contributed by atoms with van der Waals surface area (Å²) in [6, 6.07) is 14.5. The van der Waals surface area contributed by atoms with Crippen LogP contribution < -0.4 is 10.2 Å². The van der Waals surface area contributed by atoms with Gasteiger partial charge in [-0.3, -0.25) is 10.0 Å². The van der Waals surface area contributed by atoms with E-state index in [0.29, 0.717) is 12.4 Å². The number of carbonyl (C=O) groups is 1. The van der Waals surface area contributed by atoms with E-state index >= 15 is 0 Å². The average Bonchev–Trinajstić information content (AvgIpc) is 3.16. The Morgan fingerprint density at radius 3 is 2.41 bits per heavy atom. The van der Waals surface area contributed by atoms with Gasteiger partial charge in [-0.2, -0.15) is 4.31 Å². The molecule has 11 heteroatoms. The summed E-state index contributed by atoms with van der Waals surface area (Å²) in [5, 5.41) is 19.7. The molecule has 0 radical (unpaired) electrons. The second-order valence-electron chi connectivity index (χ2n) is 8.76. The normalized spacial score (nSPS) is 26.6. The maximum absolute atomic E-state index is 13.5. The second kappa shape index (κ2) is 9.61. The number of hydroxylamine groups is 1. The van der Waals surface area contributed by atoms with Crippen LogP contribution in [0.1, 0.15) is 25.8 Å². The fourth-order valence-electron chi connectivity index (χ4n) is 4.31. The number of nitrogens with one attached hydrogen (secondary N) is 1. The van der Waals surface area contributed by atoms with E-state index in [-0.39, 0.29) is 17.9 Å². The van der Waals surface area contributed by atoms with Crippen molar-refractivity contribution in [3.8, 4) is 5.75 Å². The number of aliphatic hydroxyl groups excluding tert-OH is 1. The van der Waals surface area contributed by atoms with Crippen LogP contribution in [0.15, 0.2) is 59.5 Å². The van der Waals surface area contributed by atoms with E-state index in [0.717, 1.165) is 9.87 Å². The molecule has 0 saturated carbocycles. The van der Waals surface area contributed by atoms with E-state index in [1.807, 2.05) is 30.3 Å². The zero-order chi connectivity index (χ0) is 24.5. The molecular weight excluding hydrogens is 464 g/mol. The summed E-state index contributed by atoms with van der Waals surface area (Å²) in [7, 11) is -4.14. The molecule has 2 aliphatic rings. The highest BCUT2D eigenvalue weighted by Gasteiger charge is 2.56. The van der Waals surface area contributed by atoms with Gasteiger partial charge in [0, 0.05) is 13.0 Å². The van der Waals surface area contributed by atoms with Gasteiger partial charge in [-0.25, -0.2) is 13.9 Å². The van der Waals surface area contributed by atoms with Gasteiger partial charge in [0.05, 0.1) is 17.0 Å². The van der Waals surface area contributed by atoms with Crippen LogP contribution in [0.5, 0.6) is 5.75 Å². The molecule has 2 heterocycles. The standard InChI is InChI=1S/C23H28N2O8S/c1-23(2)32-21-18(12-20(27)24-28)25(13-19(26)22(21)33-23)34(29,30)17-10-8-16(9-11-17)31-14-15-6-4-3-5-7-15/h3-11,18-19,21-22,26,28H,12-14H2,1-2H3,(H,24,27). The lowest BCUT2D eigenvalue weighted by atomic mass is 9.94. The summed E-state index contributed by atoms with van der Waals surface area (Å²) < 4.78 is 45.5. The molecule has 2 aromatic carbocycles. The number of ether oxygens (including phenoxy) is 3. The van der Waals surface area contributed by atoms with E-state index in [4.69, 9.17) is 19.4 Å². The van der Waals surface area contributed by atoms with Crippen molar-refractivity contribution in [3.05, 3.63) is 60.2 Å². The van der Waals surface area contributed by atoms with Crippen LogP contribution in [-0.2, 0) is 30.9 Å². The minimum Gasteiger partial charge on any atom is -0.489 e. The number of piperidine rings is 1. The largest absolute Gasteiger partial charge is 0.489 e. The summed E-state index contributed by atoms with van der Waals surface area (Å²) in [4.78, 5) is 12.0. The summed E-state index contributed by atoms with van der Waals surface area (Å²) in [6.45, 7) is 3.33. The predicted octanol–water partition coefficient (Wildman–Crippen LogP) is 1.41. The fourth-order valence-corrected chi connectivity index (χ4v) is 5.96.